The molecule has 0 radical (unpaired) electrons. The number of nitrogens with zero attached hydrogens (tertiary/aromatic N) is 1. The van der Waals surface area contributed by atoms with Crippen molar-refractivity contribution in [3.8, 4) is 0 Å². The van der Waals surface area contributed by atoms with Crippen molar-refractivity contribution >= 4 is 56.6 Å². The second-order valence-electron chi connectivity index (χ2n) is 8.52. The van der Waals surface area contributed by atoms with Crippen molar-refractivity contribution in [2.75, 3.05) is 4.90 Å². The lowest BCUT2D eigenvalue weighted by atomic mass is 9.77. The molecule has 8 heteroatoms. The van der Waals surface area contributed by atoms with Gasteiger partial charge in [0.05, 0.1) is 23.6 Å². The summed E-state index contributed by atoms with van der Waals surface area (Å²) in [4.78, 5) is 55.9. The molecule has 0 unspecified atom stereocenters. The fourth-order valence-electron chi connectivity index (χ4n) is 5.32. The van der Waals surface area contributed by atoms with Gasteiger partial charge in [0.15, 0.2) is 0 Å². The number of Topliss-reactive ketones (excluding diaryl/α,β-unsaturated/α-hetero) is 2. The van der Waals surface area contributed by atoms with E-state index in [9.17, 15) is 19.2 Å². The summed E-state index contributed by atoms with van der Waals surface area (Å²) in [7, 11) is 0. The van der Waals surface area contributed by atoms with Crippen LogP contribution in [0.2, 0.25) is 5.02 Å². The van der Waals surface area contributed by atoms with Crippen molar-refractivity contribution in [3.63, 3.8) is 0 Å². The Bertz CT molecular complexity index is 1370. The molecule has 0 bridgehead atoms. The van der Waals surface area contributed by atoms with Gasteiger partial charge in [-0.25, -0.2) is 4.90 Å². The molecule has 2 aliphatic heterocycles. The molecule has 1 spiro atoms. The molecule has 3 atom stereocenters. The topological polar surface area (TPSA) is 80.8 Å². The normalized spacial score (nSPS) is 24.8. The third-order valence-corrected chi connectivity index (χ3v) is 7.58. The fraction of sp³-hybridized carbons (Fsp3) is 0.154. The number of benzene rings is 3. The Morgan fingerprint density at radius 1 is 0.794 bits per heavy atom. The third-order valence-electron chi connectivity index (χ3n) is 6.80. The first-order valence-electron chi connectivity index (χ1n) is 10.6. The quantitative estimate of drug-likeness (QED) is 0.347. The Kier molecular flexibility index (Phi) is 4.68. The number of ether oxygens (including phenoxy) is 1. The van der Waals surface area contributed by atoms with Gasteiger partial charge in [0.2, 0.25) is 29.0 Å². The van der Waals surface area contributed by atoms with Crippen LogP contribution in [0.5, 0.6) is 0 Å². The summed E-state index contributed by atoms with van der Waals surface area (Å²) in [6, 6.07) is 19.8. The molecule has 3 aromatic rings. The van der Waals surface area contributed by atoms with E-state index in [-0.39, 0.29) is 11.1 Å². The van der Waals surface area contributed by atoms with Crippen LogP contribution < -0.4 is 4.90 Å². The number of hydrogen-bond acceptors (Lipinski definition) is 5. The van der Waals surface area contributed by atoms with Crippen LogP contribution in [0.15, 0.2) is 77.3 Å². The minimum Gasteiger partial charge on any atom is -0.349 e. The second kappa shape index (κ2) is 7.43. The number of halogens is 2. The van der Waals surface area contributed by atoms with Crippen LogP contribution in [0.3, 0.4) is 0 Å². The zero-order valence-corrected chi connectivity index (χ0v) is 19.7. The molecule has 2 heterocycles. The lowest BCUT2D eigenvalue weighted by Gasteiger charge is -2.27. The molecule has 34 heavy (non-hydrogen) atoms. The predicted molar refractivity (Wildman–Crippen MR) is 127 cm³/mol. The van der Waals surface area contributed by atoms with E-state index in [0.29, 0.717) is 16.3 Å². The smallest absolute Gasteiger partial charge is 0.241 e. The van der Waals surface area contributed by atoms with Crippen LogP contribution in [0.4, 0.5) is 5.69 Å². The molecule has 6 nitrogen and oxygen atoms in total. The maximum absolute atomic E-state index is 13.8. The summed E-state index contributed by atoms with van der Waals surface area (Å²) in [5.74, 6) is -4.63. The number of fused-ring (bicyclic) bond motifs is 3. The average molecular weight is 537 g/mol. The number of carbonyl (C=O) groups excluding carboxylic acids is 4. The Balaban J connectivity index is 1.54. The Morgan fingerprint density at radius 2 is 1.38 bits per heavy atom. The summed E-state index contributed by atoms with van der Waals surface area (Å²) < 4.78 is 7.07. The van der Waals surface area contributed by atoms with Crippen LogP contribution in [0, 0.1) is 11.8 Å². The Morgan fingerprint density at radius 3 is 1.97 bits per heavy atom. The van der Waals surface area contributed by atoms with Crippen LogP contribution in [0.25, 0.3) is 0 Å². The van der Waals surface area contributed by atoms with E-state index >= 15 is 0 Å². The molecule has 2 saturated heterocycles. The standard InChI is InChI=1S/C26H15BrClNO5/c27-14-7-5-13(6-8-14)21-19-20(25(33)29(24(19)32)16-11-9-15(28)10-12-16)26(34-21)22(30)17-3-1-2-4-18(17)23(26)31/h1-12,19-21H/t19-,20+,21-/m0/s1. The molecule has 2 fully saturated rings. The van der Waals surface area contributed by atoms with Crippen LogP contribution in [0.1, 0.15) is 32.4 Å². The van der Waals surface area contributed by atoms with Gasteiger partial charge in [-0.2, -0.15) is 0 Å². The average Bonchev–Trinajstić information content (AvgIpc) is 3.40. The first-order chi connectivity index (χ1) is 16.3. The number of hydrogen-bond donors (Lipinski definition) is 0. The van der Waals surface area contributed by atoms with Gasteiger partial charge in [-0.3, -0.25) is 19.2 Å². The Labute approximate surface area is 207 Å². The van der Waals surface area contributed by atoms with Crippen molar-refractivity contribution in [3.05, 3.63) is 99.0 Å². The van der Waals surface area contributed by atoms with E-state index < -0.39 is 46.9 Å². The van der Waals surface area contributed by atoms with E-state index in [1.165, 1.54) is 0 Å². The molecule has 6 rings (SSSR count). The predicted octanol–water partition coefficient (Wildman–Crippen LogP) is 4.80. The van der Waals surface area contributed by atoms with Gasteiger partial charge in [-0.1, -0.05) is 63.9 Å². The maximum Gasteiger partial charge on any atom is 0.241 e. The number of imide groups is 1. The highest BCUT2D eigenvalue weighted by Gasteiger charge is 2.74. The molecule has 0 aromatic heterocycles. The van der Waals surface area contributed by atoms with E-state index in [1.807, 2.05) is 0 Å². The highest BCUT2D eigenvalue weighted by atomic mass is 79.9. The summed E-state index contributed by atoms with van der Waals surface area (Å²) in [5, 5.41) is 0.451. The molecule has 2 amide bonds. The number of rotatable bonds is 2. The number of carbonyl (C=O) groups is 4. The zero-order valence-electron chi connectivity index (χ0n) is 17.4. The fourth-order valence-corrected chi connectivity index (χ4v) is 5.71. The lowest BCUT2D eigenvalue weighted by Crippen LogP contribution is -2.51. The monoisotopic (exact) mass is 535 g/mol. The van der Waals surface area contributed by atoms with Crippen molar-refractivity contribution in [2.45, 2.75) is 11.7 Å². The van der Waals surface area contributed by atoms with Crippen LogP contribution in [-0.4, -0.2) is 29.0 Å². The molecule has 0 N–H and O–H groups in total. The maximum atomic E-state index is 13.8. The van der Waals surface area contributed by atoms with Crippen molar-refractivity contribution in [1.82, 2.24) is 0 Å². The molecule has 1 aliphatic carbocycles. The minimum absolute atomic E-state index is 0.202. The minimum atomic E-state index is -2.08. The van der Waals surface area contributed by atoms with E-state index in [1.54, 1.807) is 72.8 Å². The van der Waals surface area contributed by atoms with E-state index in [0.717, 1.165) is 9.37 Å². The van der Waals surface area contributed by atoms with Crippen LogP contribution in [-0.2, 0) is 14.3 Å². The highest BCUT2D eigenvalue weighted by Crippen LogP contribution is 2.57. The van der Waals surface area contributed by atoms with Gasteiger partial charge in [0.1, 0.15) is 0 Å². The van der Waals surface area contributed by atoms with Crippen molar-refractivity contribution < 1.29 is 23.9 Å². The molecular weight excluding hydrogens is 522 g/mol. The van der Waals surface area contributed by atoms with Crippen molar-refractivity contribution in [2.24, 2.45) is 11.8 Å². The molecular formula is C26H15BrClNO5. The van der Waals surface area contributed by atoms with Gasteiger partial charge < -0.3 is 4.74 Å². The van der Waals surface area contributed by atoms with Gasteiger partial charge in [0, 0.05) is 20.6 Å². The largest absolute Gasteiger partial charge is 0.349 e. The highest BCUT2D eigenvalue weighted by molar-refractivity contribution is 9.10. The lowest BCUT2D eigenvalue weighted by molar-refractivity contribution is -0.127. The van der Waals surface area contributed by atoms with Gasteiger partial charge in [-0.05, 0) is 42.0 Å². The molecule has 0 saturated carbocycles. The number of ketones is 2. The second-order valence-corrected chi connectivity index (χ2v) is 9.87. The Hall–Kier alpha value is -3.13. The zero-order chi connectivity index (χ0) is 23.8. The SMILES string of the molecule is O=C1[C@@H]2[C@H](c3ccc(Br)cc3)OC3(C(=O)c4ccccc4C3=O)[C@H]2C(=O)N1c1ccc(Cl)cc1. The van der Waals surface area contributed by atoms with E-state index in [2.05, 4.69) is 15.9 Å². The first kappa shape index (κ1) is 21.4. The third kappa shape index (κ3) is 2.72. The molecule has 3 aromatic carbocycles. The van der Waals surface area contributed by atoms with Crippen molar-refractivity contribution in [1.29, 1.82) is 0 Å². The van der Waals surface area contributed by atoms with Crippen LogP contribution >= 0.6 is 27.5 Å². The summed E-state index contributed by atoms with van der Waals surface area (Å²) >= 11 is 9.38. The summed E-state index contributed by atoms with van der Waals surface area (Å²) in [5.41, 5.74) is -0.750. The van der Waals surface area contributed by atoms with Gasteiger partial charge in [-0.15, -0.1) is 0 Å². The number of amides is 2. The summed E-state index contributed by atoms with van der Waals surface area (Å²) in [6.45, 7) is 0. The van der Waals surface area contributed by atoms with Gasteiger partial charge >= 0.3 is 0 Å². The molecule has 168 valence electrons. The molecule has 3 aliphatic rings. The number of anilines is 1. The first-order valence-corrected chi connectivity index (χ1v) is 11.8. The van der Waals surface area contributed by atoms with Gasteiger partial charge in [0.25, 0.3) is 0 Å². The summed E-state index contributed by atoms with van der Waals surface area (Å²) in [6.07, 6.45) is -0.950. The van der Waals surface area contributed by atoms with E-state index in [4.69, 9.17) is 16.3 Å².